The van der Waals surface area contributed by atoms with Crippen LogP contribution in [0.1, 0.15) is 39.9 Å². The van der Waals surface area contributed by atoms with Gasteiger partial charge in [-0.25, -0.2) is 8.42 Å². The fourth-order valence-corrected chi connectivity index (χ4v) is 5.75. The molecular formula is C22H25N3O5S. The van der Waals surface area contributed by atoms with Crippen molar-refractivity contribution in [2.45, 2.75) is 37.5 Å². The molecule has 0 saturated carbocycles. The summed E-state index contributed by atoms with van der Waals surface area (Å²) in [6.07, 6.45) is 4.12. The Hall–Kier alpha value is -2.78. The van der Waals surface area contributed by atoms with Crippen molar-refractivity contribution in [3.63, 3.8) is 0 Å². The van der Waals surface area contributed by atoms with Gasteiger partial charge in [0.25, 0.3) is 11.6 Å². The van der Waals surface area contributed by atoms with E-state index in [1.807, 2.05) is 6.07 Å². The molecule has 0 atom stereocenters. The molecular weight excluding hydrogens is 418 g/mol. The molecule has 0 unspecified atom stereocenters. The molecule has 1 aliphatic heterocycles. The summed E-state index contributed by atoms with van der Waals surface area (Å²) < 4.78 is 27.7. The maximum atomic E-state index is 13.1. The quantitative estimate of drug-likeness (QED) is 0.534. The summed E-state index contributed by atoms with van der Waals surface area (Å²) in [7, 11) is -3.63. The van der Waals surface area contributed by atoms with E-state index in [2.05, 4.69) is 0 Å². The van der Waals surface area contributed by atoms with Crippen LogP contribution in [0.5, 0.6) is 0 Å². The van der Waals surface area contributed by atoms with E-state index in [-0.39, 0.29) is 43.3 Å². The van der Waals surface area contributed by atoms with Crippen LogP contribution >= 0.6 is 0 Å². The number of hydrogen-bond donors (Lipinski definition) is 0. The topological polar surface area (TPSA) is 101 Å². The monoisotopic (exact) mass is 443 g/mol. The fourth-order valence-electron chi connectivity index (χ4n) is 4.27. The lowest BCUT2D eigenvalue weighted by molar-refractivity contribution is -0.385. The number of benzene rings is 2. The fraction of sp³-hybridized carbons (Fsp3) is 0.409. The Kier molecular flexibility index (Phi) is 5.81. The molecule has 0 aromatic heterocycles. The van der Waals surface area contributed by atoms with Crippen LogP contribution in [0.15, 0.2) is 41.3 Å². The number of hydrogen-bond acceptors (Lipinski definition) is 5. The molecule has 1 heterocycles. The van der Waals surface area contributed by atoms with E-state index < -0.39 is 14.9 Å². The van der Waals surface area contributed by atoms with Crippen LogP contribution in [-0.2, 0) is 22.9 Å². The van der Waals surface area contributed by atoms with Crippen LogP contribution in [0.4, 0.5) is 5.69 Å². The number of fused-ring (bicyclic) bond motifs is 1. The van der Waals surface area contributed by atoms with Gasteiger partial charge >= 0.3 is 0 Å². The molecule has 9 heteroatoms. The van der Waals surface area contributed by atoms with Gasteiger partial charge in [0.1, 0.15) is 0 Å². The lowest BCUT2D eigenvalue weighted by atomic mass is 9.92. The SMILES string of the molecule is Cc1ccc(C(=O)N2CCN(S(=O)(=O)c3ccc4c(c3)CCCC4)CC2)cc1[N+](=O)[O-]. The van der Waals surface area contributed by atoms with Crippen molar-refractivity contribution in [2.75, 3.05) is 26.2 Å². The molecule has 2 aromatic rings. The second-order valence-electron chi connectivity index (χ2n) is 8.09. The normalized spacial score (nSPS) is 17.3. The van der Waals surface area contributed by atoms with Gasteiger partial charge in [-0.2, -0.15) is 4.31 Å². The van der Waals surface area contributed by atoms with E-state index in [1.54, 1.807) is 36.1 Å². The predicted octanol–water partition coefficient (Wildman–Crippen LogP) is 2.93. The van der Waals surface area contributed by atoms with Gasteiger partial charge in [-0.05, 0) is 61.9 Å². The van der Waals surface area contributed by atoms with Crippen molar-refractivity contribution in [3.8, 4) is 0 Å². The Morgan fingerprint density at radius 1 is 0.968 bits per heavy atom. The summed E-state index contributed by atoms with van der Waals surface area (Å²) in [5.41, 5.74) is 2.97. The Morgan fingerprint density at radius 2 is 1.65 bits per heavy atom. The van der Waals surface area contributed by atoms with Crippen molar-refractivity contribution in [1.82, 2.24) is 9.21 Å². The lowest BCUT2D eigenvalue weighted by Crippen LogP contribution is -2.50. The number of nitro benzene ring substituents is 1. The molecule has 2 aromatic carbocycles. The number of piperazine rings is 1. The number of amides is 1. The number of aryl methyl sites for hydroxylation is 3. The number of rotatable bonds is 4. The minimum absolute atomic E-state index is 0.0977. The summed E-state index contributed by atoms with van der Waals surface area (Å²) in [6.45, 7) is 2.49. The maximum Gasteiger partial charge on any atom is 0.273 e. The van der Waals surface area contributed by atoms with Gasteiger partial charge in [0.05, 0.1) is 9.82 Å². The number of carbonyl (C=O) groups is 1. The first kappa shape index (κ1) is 21.5. The third-order valence-corrected chi connectivity index (χ3v) is 8.03. The van der Waals surface area contributed by atoms with Crippen LogP contribution in [0.3, 0.4) is 0 Å². The van der Waals surface area contributed by atoms with Gasteiger partial charge in [0, 0.05) is 43.4 Å². The van der Waals surface area contributed by atoms with Gasteiger partial charge in [-0.3, -0.25) is 14.9 Å². The summed E-state index contributed by atoms with van der Waals surface area (Å²) >= 11 is 0. The maximum absolute atomic E-state index is 13.1. The van der Waals surface area contributed by atoms with Gasteiger partial charge in [0.15, 0.2) is 0 Å². The number of carbonyl (C=O) groups excluding carboxylic acids is 1. The zero-order chi connectivity index (χ0) is 22.2. The lowest BCUT2D eigenvalue weighted by Gasteiger charge is -2.34. The Labute approximate surface area is 181 Å². The largest absolute Gasteiger partial charge is 0.336 e. The Bertz CT molecular complexity index is 1140. The molecule has 1 amide bonds. The van der Waals surface area contributed by atoms with E-state index in [1.165, 1.54) is 15.9 Å². The molecule has 2 aliphatic rings. The summed E-state index contributed by atoms with van der Waals surface area (Å²) in [5.74, 6) is -0.325. The average molecular weight is 444 g/mol. The highest BCUT2D eigenvalue weighted by atomic mass is 32.2. The minimum atomic E-state index is -3.63. The van der Waals surface area contributed by atoms with E-state index >= 15 is 0 Å². The van der Waals surface area contributed by atoms with Gasteiger partial charge < -0.3 is 4.90 Å². The van der Waals surface area contributed by atoms with Crippen molar-refractivity contribution in [2.24, 2.45) is 0 Å². The molecule has 1 fully saturated rings. The standard InChI is InChI=1S/C22H25N3O5S/c1-16-6-7-19(15-21(16)25(27)28)22(26)23-10-12-24(13-11-23)31(29,30)20-9-8-17-4-2-3-5-18(17)14-20/h6-9,14-15H,2-5,10-13H2,1H3. The Balaban J connectivity index is 1.46. The van der Waals surface area contributed by atoms with Crippen molar-refractivity contribution >= 4 is 21.6 Å². The number of sulfonamides is 1. The predicted molar refractivity (Wildman–Crippen MR) is 116 cm³/mol. The highest BCUT2D eigenvalue weighted by Crippen LogP contribution is 2.27. The first-order chi connectivity index (χ1) is 14.8. The number of nitrogens with zero attached hydrogens (tertiary/aromatic N) is 3. The first-order valence-electron chi connectivity index (χ1n) is 10.4. The molecule has 1 saturated heterocycles. The first-order valence-corrected chi connectivity index (χ1v) is 11.9. The summed E-state index contributed by atoms with van der Waals surface area (Å²) in [4.78, 5) is 25.3. The minimum Gasteiger partial charge on any atom is -0.336 e. The van der Waals surface area contributed by atoms with Crippen LogP contribution < -0.4 is 0 Å². The van der Waals surface area contributed by atoms with Crippen molar-refractivity contribution in [3.05, 3.63) is 68.8 Å². The van der Waals surface area contributed by atoms with Gasteiger partial charge in [-0.15, -0.1) is 0 Å². The van der Waals surface area contributed by atoms with Crippen LogP contribution in [0.2, 0.25) is 0 Å². The molecule has 0 N–H and O–H groups in total. The molecule has 164 valence electrons. The second-order valence-corrected chi connectivity index (χ2v) is 10.0. The molecule has 0 radical (unpaired) electrons. The average Bonchev–Trinajstić information content (AvgIpc) is 2.78. The highest BCUT2D eigenvalue weighted by molar-refractivity contribution is 7.89. The van der Waals surface area contributed by atoms with Gasteiger partial charge in [0.2, 0.25) is 10.0 Å². The van der Waals surface area contributed by atoms with Crippen LogP contribution in [0.25, 0.3) is 0 Å². The van der Waals surface area contributed by atoms with E-state index in [0.29, 0.717) is 10.5 Å². The van der Waals surface area contributed by atoms with Crippen LogP contribution in [0, 0.1) is 17.0 Å². The Morgan fingerprint density at radius 3 is 2.32 bits per heavy atom. The zero-order valence-electron chi connectivity index (χ0n) is 17.4. The third kappa shape index (κ3) is 4.20. The van der Waals surface area contributed by atoms with Crippen molar-refractivity contribution in [1.29, 1.82) is 0 Å². The molecule has 8 nitrogen and oxygen atoms in total. The molecule has 1 aliphatic carbocycles. The van der Waals surface area contributed by atoms with Crippen LogP contribution in [-0.4, -0.2) is 54.6 Å². The molecule has 0 bridgehead atoms. The second kappa shape index (κ2) is 8.39. The summed E-state index contributed by atoms with van der Waals surface area (Å²) in [5, 5.41) is 11.2. The van der Waals surface area contributed by atoms with E-state index in [4.69, 9.17) is 0 Å². The number of nitro groups is 1. The zero-order valence-corrected chi connectivity index (χ0v) is 18.2. The third-order valence-electron chi connectivity index (χ3n) is 6.14. The molecule has 4 rings (SSSR count). The van der Waals surface area contributed by atoms with Crippen molar-refractivity contribution < 1.29 is 18.1 Å². The van der Waals surface area contributed by atoms with E-state index in [0.717, 1.165) is 31.2 Å². The highest BCUT2D eigenvalue weighted by Gasteiger charge is 2.31. The van der Waals surface area contributed by atoms with Gasteiger partial charge in [-0.1, -0.05) is 12.1 Å². The summed E-state index contributed by atoms with van der Waals surface area (Å²) in [6, 6.07) is 9.82. The van der Waals surface area contributed by atoms with E-state index in [9.17, 15) is 23.3 Å². The smallest absolute Gasteiger partial charge is 0.273 e. The molecule has 0 spiro atoms. The molecule has 31 heavy (non-hydrogen) atoms.